The minimum Gasteiger partial charge on any atom is -0.496 e. The van der Waals surface area contributed by atoms with Crippen LogP contribution >= 0.6 is 0 Å². The van der Waals surface area contributed by atoms with E-state index in [0.717, 1.165) is 25.3 Å². The number of benzene rings is 1. The van der Waals surface area contributed by atoms with Gasteiger partial charge in [0.05, 0.1) is 7.11 Å². The molecule has 102 valence electrons. The van der Waals surface area contributed by atoms with Gasteiger partial charge in [0, 0.05) is 11.6 Å². The molecule has 0 aliphatic rings. The van der Waals surface area contributed by atoms with Crippen molar-refractivity contribution in [2.75, 3.05) is 34.3 Å². The molecular formula is C15H26N2O. The van der Waals surface area contributed by atoms with E-state index < -0.39 is 0 Å². The summed E-state index contributed by atoms with van der Waals surface area (Å²) in [5, 5.41) is 3.55. The molecule has 0 aromatic heterocycles. The summed E-state index contributed by atoms with van der Waals surface area (Å²) in [5.74, 6) is 0.977. The SMILES string of the molecule is CCNC(CCN(C)C)c1cc(C)ccc1OC. The molecule has 0 aliphatic carbocycles. The van der Waals surface area contributed by atoms with Crippen molar-refractivity contribution in [3.8, 4) is 5.75 Å². The van der Waals surface area contributed by atoms with Crippen LogP contribution in [0.25, 0.3) is 0 Å². The van der Waals surface area contributed by atoms with E-state index in [1.807, 2.05) is 0 Å². The van der Waals surface area contributed by atoms with E-state index in [1.54, 1.807) is 7.11 Å². The Hall–Kier alpha value is -1.06. The maximum Gasteiger partial charge on any atom is 0.123 e. The molecule has 0 bridgehead atoms. The van der Waals surface area contributed by atoms with Gasteiger partial charge in [-0.1, -0.05) is 24.6 Å². The minimum absolute atomic E-state index is 0.354. The van der Waals surface area contributed by atoms with Crippen molar-refractivity contribution in [3.05, 3.63) is 29.3 Å². The predicted molar refractivity (Wildman–Crippen MR) is 77.3 cm³/mol. The molecule has 1 unspecified atom stereocenters. The molecule has 1 aromatic rings. The van der Waals surface area contributed by atoms with Crippen LogP contribution in [0.15, 0.2) is 18.2 Å². The molecule has 0 saturated heterocycles. The molecule has 0 fully saturated rings. The highest BCUT2D eigenvalue weighted by Crippen LogP contribution is 2.28. The smallest absolute Gasteiger partial charge is 0.123 e. The number of rotatable bonds is 7. The topological polar surface area (TPSA) is 24.5 Å². The number of aryl methyl sites for hydroxylation is 1. The number of ether oxygens (including phenoxy) is 1. The molecule has 3 nitrogen and oxygen atoms in total. The maximum atomic E-state index is 5.48. The largest absolute Gasteiger partial charge is 0.496 e. The quantitative estimate of drug-likeness (QED) is 0.805. The van der Waals surface area contributed by atoms with Crippen LogP contribution in [0.3, 0.4) is 0 Å². The second kappa shape index (κ2) is 7.39. The van der Waals surface area contributed by atoms with E-state index in [2.05, 4.69) is 56.4 Å². The highest BCUT2D eigenvalue weighted by atomic mass is 16.5. The maximum absolute atomic E-state index is 5.48. The second-order valence-electron chi connectivity index (χ2n) is 4.95. The highest BCUT2D eigenvalue weighted by Gasteiger charge is 2.15. The Morgan fingerprint density at radius 3 is 2.61 bits per heavy atom. The molecule has 0 spiro atoms. The van der Waals surface area contributed by atoms with E-state index in [4.69, 9.17) is 4.74 Å². The average molecular weight is 250 g/mol. The third-order valence-corrected chi connectivity index (χ3v) is 3.08. The van der Waals surface area contributed by atoms with Crippen LogP contribution in [0, 0.1) is 6.92 Å². The van der Waals surface area contributed by atoms with Crippen molar-refractivity contribution < 1.29 is 4.74 Å². The van der Waals surface area contributed by atoms with Gasteiger partial charge in [0.2, 0.25) is 0 Å². The zero-order chi connectivity index (χ0) is 13.5. The van der Waals surface area contributed by atoms with E-state index in [0.29, 0.717) is 6.04 Å². The molecule has 0 heterocycles. The molecule has 18 heavy (non-hydrogen) atoms. The Bertz CT molecular complexity index is 364. The van der Waals surface area contributed by atoms with Crippen LogP contribution < -0.4 is 10.1 Å². The van der Waals surface area contributed by atoms with Crippen LogP contribution in [0.4, 0.5) is 0 Å². The molecule has 0 saturated carbocycles. The van der Waals surface area contributed by atoms with Gasteiger partial charge in [-0.2, -0.15) is 0 Å². The fourth-order valence-corrected chi connectivity index (χ4v) is 2.13. The summed E-state index contributed by atoms with van der Waals surface area (Å²) in [6.07, 6.45) is 1.08. The summed E-state index contributed by atoms with van der Waals surface area (Å²) in [6, 6.07) is 6.73. The molecule has 1 rings (SSSR count). The standard InChI is InChI=1S/C15H26N2O/c1-6-16-14(9-10-17(3)4)13-11-12(2)7-8-15(13)18-5/h7-8,11,14,16H,6,9-10H2,1-5H3. The Morgan fingerprint density at radius 2 is 2.06 bits per heavy atom. The monoisotopic (exact) mass is 250 g/mol. The predicted octanol–water partition coefficient (Wildman–Crippen LogP) is 2.61. The average Bonchev–Trinajstić information content (AvgIpc) is 2.34. The second-order valence-corrected chi connectivity index (χ2v) is 4.95. The molecule has 1 atom stereocenters. The third kappa shape index (κ3) is 4.31. The van der Waals surface area contributed by atoms with Crippen LogP contribution in [0.5, 0.6) is 5.75 Å². The third-order valence-electron chi connectivity index (χ3n) is 3.08. The molecule has 1 aromatic carbocycles. The van der Waals surface area contributed by atoms with Crippen LogP contribution in [-0.4, -0.2) is 39.2 Å². The van der Waals surface area contributed by atoms with Gasteiger partial charge in [-0.15, -0.1) is 0 Å². The minimum atomic E-state index is 0.354. The summed E-state index contributed by atoms with van der Waals surface area (Å²) in [5.41, 5.74) is 2.54. The van der Waals surface area contributed by atoms with Crippen molar-refractivity contribution in [3.63, 3.8) is 0 Å². The van der Waals surface area contributed by atoms with Crippen molar-refractivity contribution in [1.29, 1.82) is 0 Å². The van der Waals surface area contributed by atoms with E-state index >= 15 is 0 Å². The van der Waals surface area contributed by atoms with E-state index in [1.165, 1.54) is 11.1 Å². The van der Waals surface area contributed by atoms with E-state index in [9.17, 15) is 0 Å². The number of nitrogens with one attached hydrogen (secondary N) is 1. The lowest BCUT2D eigenvalue weighted by Crippen LogP contribution is -2.26. The lowest BCUT2D eigenvalue weighted by atomic mass is 10.00. The molecule has 3 heteroatoms. The fraction of sp³-hybridized carbons (Fsp3) is 0.600. The number of hydrogen-bond donors (Lipinski definition) is 1. The number of methoxy groups -OCH3 is 1. The first-order valence-corrected chi connectivity index (χ1v) is 6.61. The van der Waals surface area contributed by atoms with Gasteiger partial charge in [-0.3, -0.25) is 0 Å². The summed E-state index contributed by atoms with van der Waals surface area (Å²) in [7, 11) is 5.95. The lowest BCUT2D eigenvalue weighted by Gasteiger charge is -2.23. The summed E-state index contributed by atoms with van der Waals surface area (Å²) in [6.45, 7) is 6.30. The van der Waals surface area contributed by atoms with Crippen LogP contribution in [0.2, 0.25) is 0 Å². The van der Waals surface area contributed by atoms with Gasteiger partial charge in [0.1, 0.15) is 5.75 Å². The fourth-order valence-electron chi connectivity index (χ4n) is 2.13. The summed E-state index contributed by atoms with van der Waals surface area (Å²) < 4.78 is 5.48. The van der Waals surface area contributed by atoms with Crippen molar-refractivity contribution in [2.24, 2.45) is 0 Å². The molecule has 0 amide bonds. The van der Waals surface area contributed by atoms with Crippen molar-refractivity contribution in [1.82, 2.24) is 10.2 Å². The van der Waals surface area contributed by atoms with Gasteiger partial charge in [0.15, 0.2) is 0 Å². The van der Waals surface area contributed by atoms with Gasteiger partial charge in [-0.25, -0.2) is 0 Å². The zero-order valence-electron chi connectivity index (χ0n) is 12.3. The van der Waals surface area contributed by atoms with Crippen molar-refractivity contribution in [2.45, 2.75) is 26.3 Å². The van der Waals surface area contributed by atoms with Crippen LogP contribution in [-0.2, 0) is 0 Å². The highest BCUT2D eigenvalue weighted by molar-refractivity contribution is 5.39. The Balaban J connectivity index is 2.92. The number of hydrogen-bond acceptors (Lipinski definition) is 3. The number of nitrogens with zero attached hydrogens (tertiary/aromatic N) is 1. The van der Waals surface area contributed by atoms with Gasteiger partial charge < -0.3 is 15.0 Å². The lowest BCUT2D eigenvalue weighted by molar-refractivity contribution is 0.352. The van der Waals surface area contributed by atoms with Gasteiger partial charge in [-0.05, 0) is 46.6 Å². The van der Waals surface area contributed by atoms with Crippen LogP contribution in [0.1, 0.15) is 30.5 Å². The summed E-state index contributed by atoms with van der Waals surface area (Å²) >= 11 is 0. The first kappa shape index (κ1) is 15.0. The Morgan fingerprint density at radius 1 is 1.33 bits per heavy atom. The normalized spacial score (nSPS) is 12.8. The first-order valence-electron chi connectivity index (χ1n) is 6.61. The van der Waals surface area contributed by atoms with E-state index in [-0.39, 0.29) is 0 Å². The first-order chi connectivity index (χ1) is 8.58. The van der Waals surface area contributed by atoms with Gasteiger partial charge >= 0.3 is 0 Å². The molecular weight excluding hydrogens is 224 g/mol. The zero-order valence-corrected chi connectivity index (χ0v) is 12.3. The molecule has 0 radical (unpaired) electrons. The summed E-state index contributed by atoms with van der Waals surface area (Å²) in [4.78, 5) is 2.21. The molecule has 0 aliphatic heterocycles. The Kier molecular flexibility index (Phi) is 6.16. The van der Waals surface area contributed by atoms with Crippen molar-refractivity contribution >= 4 is 0 Å². The Labute approximate surface area is 111 Å². The molecule has 1 N–H and O–H groups in total. The van der Waals surface area contributed by atoms with Gasteiger partial charge in [0.25, 0.3) is 0 Å².